The Morgan fingerprint density at radius 2 is 2.15 bits per heavy atom. The van der Waals surface area contributed by atoms with Crippen LogP contribution in [0.4, 0.5) is 0 Å². The Morgan fingerprint density at radius 3 is 2.77 bits per heavy atom. The number of hydrogen-bond acceptors (Lipinski definition) is 0. The van der Waals surface area contributed by atoms with Gasteiger partial charge in [0, 0.05) is 11.3 Å². The van der Waals surface area contributed by atoms with Gasteiger partial charge in [-0.3, -0.25) is 0 Å². The minimum atomic E-state index is 0.363. The lowest BCUT2D eigenvalue weighted by atomic mass is 9.96. The smallest absolute Gasteiger partial charge is 0.0404 e. The van der Waals surface area contributed by atoms with Crippen molar-refractivity contribution in [3.63, 3.8) is 0 Å². The van der Waals surface area contributed by atoms with E-state index in [9.17, 15) is 0 Å². The number of halogens is 1. The van der Waals surface area contributed by atoms with E-state index in [1.54, 1.807) is 0 Å². The van der Waals surface area contributed by atoms with Crippen LogP contribution in [0.3, 0.4) is 0 Å². The minimum Gasteiger partial charge on any atom is -0.122 e. The normalized spacial score (nSPS) is 27.8. The first-order chi connectivity index (χ1) is 6.27. The highest BCUT2D eigenvalue weighted by Gasteiger charge is 2.26. The van der Waals surface area contributed by atoms with Crippen LogP contribution in [0.5, 0.6) is 0 Å². The summed E-state index contributed by atoms with van der Waals surface area (Å²) >= 11 is 6.27. The maximum Gasteiger partial charge on any atom is 0.0404 e. The van der Waals surface area contributed by atoms with E-state index in [-0.39, 0.29) is 0 Å². The summed E-state index contributed by atoms with van der Waals surface area (Å²) in [4.78, 5) is 0. The van der Waals surface area contributed by atoms with Crippen molar-refractivity contribution < 1.29 is 0 Å². The fourth-order valence-corrected chi connectivity index (χ4v) is 2.62. The van der Waals surface area contributed by atoms with E-state index in [2.05, 4.69) is 31.2 Å². The SMILES string of the molecule is Cc1cccc(C2CCCC2Cl)c1. The Hall–Kier alpha value is -0.490. The molecule has 0 aliphatic heterocycles. The summed E-state index contributed by atoms with van der Waals surface area (Å²) in [5.74, 6) is 0.599. The molecular formula is C12H15Cl. The molecule has 0 saturated heterocycles. The van der Waals surface area contributed by atoms with Gasteiger partial charge in [-0.25, -0.2) is 0 Å². The third kappa shape index (κ3) is 1.88. The largest absolute Gasteiger partial charge is 0.122 e. The van der Waals surface area contributed by atoms with Crippen molar-refractivity contribution >= 4 is 11.6 Å². The van der Waals surface area contributed by atoms with Gasteiger partial charge in [0.15, 0.2) is 0 Å². The molecule has 0 nitrogen and oxygen atoms in total. The molecule has 1 saturated carbocycles. The van der Waals surface area contributed by atoms with E-state index in [0.29, 0.717) is 11.3 Å². The van der Waals surface area contributed by atoms with Crippen LogP contribution in [-0.4, -0.2) is 5.38 Å². The molecule has 2 rings (SSSR count). The predicted octanol–water partition coefficient (Wildman–Crippen LogP) is 3.87. The van der Waals surface area contributed by atoms with Crippen LogP contribution in [0.2, 0.25) is 0 Å². The van der Waals surface area contributed by atoms with E-state index >= 15 is 0 Å². The zero-order valence-corrected chi connectivity index (χ0v) is 8.72. The monoisotopic (exact) mass is 194 g/mol. The van der Waals surface area contributed by atoms with Crippen LogP contribution in [0.15, 0.2) is 24.3 Å². The summed E-state index contributed by atoms with van der Waals surface area (Å²) < 4.78 is 0. The van der Waals surface area contributed by atoms with Crippen molar-refractivity contribution in [3.8, 4) is 0 Å². The average Bonchev–Trinajstić information content (AvgIpc) is 2.51. The van der Waals surface area contributed by atoms with Gasteiger partial charge >= 0.3 is 0 Å². The highest BCUT2D eigenvalue weighted by atomic mass is 35.5. The van der Waals surface area contributed by atoms with Crippen molar-refractivity contribution in [2.24, 2.45) is 0 Å². The maximum atomic E-state index is 6.27. The van der Waals surface area contributed by atoms with Gasteiger partial charge in [0.05, 0.1) is 0 Å². The lowest BCUT2D eigenvalue weighted by molar-refractivity contribution is 0.729. The van der Waals surface area contributed by atoms with Gasteiger partial charge in [-0.15, -0.1) is 11.6 Å². The van der Waals surface area contributed by atoms with Crippen molar-refractivity contribution in [2.45, 2.75) is 37.5 Å². The van der Waals surface area contributed by atoms with E-state index in [4.69, 9.17) is 11.6 Å². The quantitative estimate of drug-likeness (QED) is 0.596. The summed E-state index contributed by atoms with van der Waals surface area (Å²) in [6.45, 7) is 2.14. The van der Waals surface area contributed by atoms with E-state index in [1.807, 2.05) is 0 Å². The summed E-state index contributed by atoms with van der Waals surface area (Å²) in [5.41, 5.74) is 2.77. The molecule has 13 heavy (non-hydrogen) atoms. The topological polar surface area (TPSA) is 0 Å². The Morgan fingerprint density at radius 1 is 1.31 bits per heavy atom. The van der Waals surface area contributed by atoms with Gasteiger partial charge in [0.25, 0.3) is 0 Å². The number of alkyl halides is 1. The number of aryl methyl sites for hydroxylation is 1. The van der Waals surface area contributed by atoms with Crippen LogP contribution in [0.1, 0.15) is 36.3 Å². The molecule has 0 heterocycles. The Balaban J connectivity index is 2.24. The van der Waals surface area contributed by atoms with Gasteiger partial charge in [-0.2, -0.15) is 0 Å². The number of benzene rings is 1. The Kier molecular flexibility index (Phi) is 2.59. The molecule has 1 fully saturated rings. The second-order valence-electron chi connectivity index (χ2n) is 3.97. The van der Waals surface area contributed by atoms with Gasteiger partial charge in [-0.05, 0) is 25.3 Å². The molecule has 1 aliphatic carbocycles. The fourth-order valence-electron chi connectivity index (χ4n) is 2.19. The predicted molar refractivity (Wildman–Crippen MR) is 57.4 cm³/mol. The molecule has 0 N–H and O–H groups in total. The molecule has 1 aromatic rings. The molecule has 1 heteroatoms. The number of hydrogen-bond donors (Lipinski definition) is 0. The molecule has 0 bridgehead atoms. The van der Waals surface area contributed by atoms with Crippen LogP contribution in [0, 0.1) is 6.92 Å². The molecule has 0 amide bonds. The van der Waals surface area contributed by atoms with Crippen LogP contribution >= 0.6 is 11.6 Å². The van der Waals surface area contributed by atoms with Crippen LogP contribution < -0.4 is 0 Å². The summed E-state index contributed by atoms with van der Waals surface area (Å²) in [6.07, 6.45) is 3.73. The third-order valence-corrected chi connectivity index (χ3v) is 3.42. The van der Waals surface area contributed by atoms with Gasteiger partial charge < -0.3 is 0 Å². The molecule has 0 radical (unpaired) electrons. The van der Waals surface area contributed by atoms with Gasteiger partial charge in [0.2, 0.25) is 0 Å². The Bertz CT molecular complexity index is 293. The Labute approximate surface area is 84.9 Å². The van der Waals surface area contributed by atoms with Gasteiger partial charge in [0.1, 0.15) is 0 Å². The fraction of sp³-hybridized carbons (Fsp3) is 0.500. The molecule has 2 atom stereocenters. The molecule has 1 aromatic carbocycles. The highest BCUT2D eigenvalue weighted by Crippen LogP contribution is 2.38. The standard InChI is InChI=1S/C12H15Cl/c1-9-4-2-5-10(8-9)11-6-3-7-12(11)13/h2,4-5,8,11-12H,3,6-7H2,1H3. The molecule has 2 unspecified atom stereocenters. The summed E-state index contributed by atoms with van der Waals surface area (Å²) in [7, 11) is 0. The summed E-state index contributed by atoms with van der Waals surface area (Å²) in [5, 5.41) is 0.363. The van der Waals surface area contributed by atoms with Gasteiger partial charge in [-0.1, -0.05) is 36.2 Å². The van der Waals surface area contributed by atoms with Crippen molar-refractivity contribution in [2.75, 3.05) is 0 Å². The van der Waals surface area contributed by atoms with Crippen molar-refractivity contribution in [3.05, 3.63) is 35.4 Å². The second kappa shape index (κ2) is 3.71. The van der Waals surface area contributed by atoms with Crippen molar-refractivity contribution in [1.82, 2.24) is 0 Å². The first-order valence-corrected chi connectivity index (χ1v) is 5.41. The van der Waals surface area contributed by atoms with Crippen LogP contribution in [-0.2, 0) is 0 Å². The lowest BCUT2D eigenvalue weighted by Gasteiger charge is -2.14. The first kappa shape index (κ1) is 9.08. The lowest BCUT2D eigenvalue weighted by Crippen LogP contribution is -2.04. The average molecular weight is 195 g/mol. The zero-order chi connectivity index (χ0) is 9.26. The van der Waals surface area contributed by atoms with Crippen LogP contribution in [0.25, 0.3) is 0 Å². The molecule has 1 aliphatic rings. The third-order valence-electron chi connectivity index (χ3n) is 2.90. The highest BCUT2D eigenvalue weighted by molar-refractivity contribution is 6.21. The van der Waals surface area contributed by atoms with E-state index in [1.165, 1.54) is 30.4 Å². The second-order valence-corrected chi connectivity index (χ2v) is 4.53. The maximum absolute atomic E-state index is 6.27. The first-order valence-electron chi connectivity index (χ1n) is 4.98. The molecule has 0 spiro atoms. The minimum absolute atomic E-state index is 0.363. The zero-order valence-electron chi connectivity index (χ0n) is 7.96. The number of rotatable bonds is 1. The molecular weight excluding hydrogens is 180 g/mol. The summed E-state index contributed by atoms with van der Waals surface area (Å²) in [6, 6.07) is 8.75. The van der Waals surface area contributed by atoms with E-state index in [0.717, 1.165) is 0 Å². The molecule has 0 aromatic heterocycles. The van der Waals surface area contributed by atoms with E-state index < -0.39 is 0 Å². The van der Waals surface area contributed by atoms with Crippen molar-refractivity contribution in [1.29, 1.82) is 0 Å². The molecule has 70 valence electrons.